The van der Waals surface area contributed by atoms with E-state index in [1.165, 1.54) is 0 Å². The largest absolute Gasteiger partial charge is 0.493 e. The average Bonchev–Trinajstić information content (AvgIpc) is 2.48. The van der Waals surface area contributed by atoms with Gasteiger partial charge in [0.25, 0.3) is 5.91 Å². The Morgan fingerprint density at radius 3 is 2.52 bits per heavy atom. The smallest absolute Gasteiger partial charge is 0.262 e. The Labute approximate surface area is 139 Å². The number of benzene rings is 2. The van der Waals surface area contributed by atoms with E-state index in [2.05, 4.69) is 37.2 Å². The molecule has 110 valence electrons. The van der Waals surface area contributed by atoms with E-state index in [1.54, 1.807) is 25.3 Å². The number of halogens is 2. The van der Waals surface area contributed by atoms with Gasteiger partial charge in [0, 0.05) is 8.95 Å². The lowest BCUT2D eigenvalue weighted by molar-refractivity contribution is -0.118. The summed E-state index contributed by atoms with van der Waals surface area (Å²) in [5, 5.41) is 2.77. The first-order valence-electron chi connectivity index (χ1n) is 6.11. The van der Waals surface area contributed by atoms with Crippen molar-refractivity contribution in [3.63, 3.8) is 0 Å². The van der Waals surface area contributed by atoms with Crippen LogP contribution >= 0.6 is 31.9 Å². The molecule has 2 aromatic rings. The van der Waals surface area contributed by atoms with Crippen molar-refractivity contribution in [3.05, 3.63) is 51.4 Å². The van der Waals surface area contributed by atoms with Crippen LogP contribution in [0.2, 0.25) is 0 Å². The highest BCUT2D eigenvalue weighted by atomic mass is 79.9. The molecule has 0 spiro atoms. The zero-order valence-electron chi connectivity index (χ0n) is 11.2. The van der Waals surface area contributed by atoms with Crippen LogP contribution < -0.4 is 14.8 Å². The van der Waals surface area contributed by atoms with Gasteiger partial charge in [-0.1, -0.05) is 28.1 Å². The number of carbonyl (C=O) groups is 1. The fourth-order valence-electron chi connectivity index (χ4n) is 1.66. The number of nitrogens with one attached hydrogen (secondary N) is 1. The molecular weight excluding hydrogens is 402 g/mol. The molecule has 4 nitrogen and oxygen atoms in total. The van der Waals surface area contributed by atoms with Crippen molar-refractivity contribution in [1.82, 2.24) is 0 Å². The predicted octanol–water partition coefficient (Wildman–Crippen LogP) is 4.24. The molecule has 6 heteroatoms. The second kappa shape index (κ2) is 7.47. The number of anilines is 1. The molecule has 0 aliphatic carbocycles. The van der Waals surface area contributed by atoms with E-state index in [0.29, 0.717) is 17.2 Å². The molecule has 0 unspecified atom stereocenters. The minimum absolute atomic E-state index is 0.0944. The van der Waals surface area contributed by atoms with Crippen molar-refractivity contribution < 1.29 is 14.3 Å². The lowest BCUT2D eigenvalue weighted by atomic mass is 10.3. The Hall–Kier alpha value is -1.53. The van der Waals surface area contributed by atoms with Gasteiger partial charge in [0.15, 0.2) is 18.1 Å². The third kappa shape index (κ3) is 4.47. The number of amides is 1. The van der Waals surface area contributed by atoms with Crippen LogP contribution in [0.1, 0.15) is 0 Å². The number of rotatable bonds is 5. The van der Waals surface area contributed by atoms with Crippen molar-refractivity contribution in [1.29, 1.82) is 0 Å². The highest BCUT2D eigenvalue weighted by Crippen LogP contribution is 2.27. The number of hydrogen-bond donors (Lipinski definition) is 1. The first kappa shape index (κ1) is 15.9. The van der Waals surface area contributed by atoms with E-state index in [0.717, 1.165) is 8.95 Å². The van der Waals surface area contributed by atoms with Gasteiger partial charge in [-0.15, -0.1) is 0 Å². The van der Waals surface area contributed by atoms with Gasteiger partial charge in [-0.2, -0.15) is 0 Å². The Morgan fingerprint density at radius 1 is 1.14 bits per heavy atom. The number of para-hydroxylation sites is 2. The van der Waals surface area contributed by atoms with Gasteiger partial charge in [-0.3, -0.25) is 4.79 Å². The second-order valence-electron chi connectivity index (χ2n) is 4.11. The summed E-state index contributed by atoms with van der Waals surface area (Å²) in [5.41, 5.74) is 0.687. The second-order valence-corrected chi connectivity index (χ2v) is 5.88. The number of hydrogen-bond acceptors (Lipinski definition) is 3. The van der Waals surface area contributed by atoms with Gasteiger partial charge < -0.3 is 14.8 Å². The SMILES string of the molecule is COc1ccccc1OCC(=O)Nc1ccc(Br)cc1Br. The number of ether oxygens (including phenoxy) is 2. The topological polar surface area (TPSA) is 47.6 Å². The summed E-state index contributed by atoms with van der Waals surface area (Å²) in [4.78, 5) is 11.9. The summed E-state index contributed by atoms with van der Waals surface area (Å²) in [6, 6.07) is 12.7. The quantitative estimate of drug-likeness (QED) is 0.795. The summed E-state index contributed by atoms with van der Waals surface area (Å²) in [6.45, 7) is -0.0944. The minimum Gasteiger partial charge on any atom is -0.493 e. The summed E-state index contributed by atoms with van der Waals surface area (Å²) >= 11 is 6.75. The lowest BCUT2D eigenvalue weighted by Crippen LogP contribution is -2.20. The van der Waals surface area contributed by atoms with Crippen LogP contribution in [0.15, 0.2) is 51.4 Å². The van der Waals surface area contributed by atoms with Crippen LogP contribution in [0.4, 0.5) is 5.69 Å². The van der Waals surface area contributed by atoms with E-state index in [-0.39, 0.29) is 12.5 Å². The molecule has 0 saturated carbocycles. The predicted molar refractivity (Wildman–Crippen MR) is 89.0 cm³/mol. The minimum atomic E-state index is -0.246. The summed E-state index contributed by atoms with van der Waals surface area (Å²) < 4.78 is 12.3. The van der Waals surface area contributed by atoms with Gasteiger partial charge in [-0.25, -0.2) is 0 Å². The van der Waals surface area contributed by atoms with Gasteiger partial charge in [-0.05, 0) is 46.3 Å². The first-order valence-corrected chi connectivity index (χ1v) is 7.69. The third-order valence-corrected chi connectivity index (χ3v) is 3.78. The van der Waals surface area contributed by atoms with E-state index in [9.17, 15) is 4.79 Å². The highest BCUT2D eigenvalue weighted by molar-refractivity contribution is 9.11. The third-order valence-electron chi connectivity index (χ3n) is 2.63. The summed E-state index contributed by atoms with van der Waals surface area (Å²) in [7, 11) is 1.56. The standard InChI is InChI=1S/C15H13Br2NO3/c1-20-13-4-2-3-5-14(13)21-9-15(19)18-12-7-6-10(16)8-11(12)17/h2-8H,9H2,1H3,(H,18,19). The van der Waals surface area contributed by atoms with Crippen LogP contribution in [0.5, 0.6) is 11.5 Å². The zero-order chi connectivity index (χ0) is 15.2. The Balaban J connectivity index is 1.96. The summed E-state index contributed by atoms with van der Waals surface area (Å²) in [6.07, 6.45) is 0. The normalized spacial score (nSPS) is 10.0. The molecule has 1 amide bonds. The van der Waals surface area contributed by atoms with E-state index < -0.39 is 0 Å². The fourth-order valence-corrected chi connectivity index (χ4v) is 2.80. The molecule has 0 saturated heterocycles. The maximum atomic E-state index is 11.9. The molecule has 21 heavy (non-hydrogen) atoms. The van der Waals surface area contributed by atoms with Crippen LogP contribution in [0.25, 0.3) is 0 Å². The van der Waals surface area contributed by atoms with Crippen molar-refractivity contribution in [2.45, 2.75) is 0 Å². The highest BCUT2D eigenvalue weighted by Gasteiger charge is 2.09. The lowest BCUT2D eigenvalue weighted by Gasteiger charge is -2.11. The van der Waals surface area contributed by atoms with Crippen LogP contribution in [-0.2, 0) is 4.79 Å². The monoisotopic (exact) mass is 413 g/mol. The van der Waals surface area contributed by atoms with E-state index in [4.69, 9.17) is 9.47 Å². The fraction of sp³-hybridized carbons (Fsp3) is 0.133. The Morgan fingerprint density at radius 2 is 1.86 bits per heavy atom. The van der Waals surface area contributed by atoms with Crippen molar-refractivity contribution in [3.8, 4) is 11.5 Å². The zero-order valence-corrected chi connectivity index (χ0v) is 14.4. The van der Waals surface area contributed by atoms with Crippen molar-refractivity contribution in [2.75, 3.05) is 19.0 Å². The van der Waals surface area contributed by atoms with Gasteiger partial charge in [0.1, 0.15) is 0 Å². The van der Waals surface area contributed by atoms with Gasteiger partial charge in [0.05, 0.1) is 12.8 Å². The van der Waals surface area contributed by atoms with Crippen molar-refractivity contribution in [2.24, 2.45) is 0 Å². The van der Waals surface area contributed by atoms with Crippen LogP contribution in [0.3, 0.4) is 0 Å². The maximum absolute atomic E-state index is 11.9. The van der Waals surface area contributed by atoms with Crippen LogP contribution in [0, 0.1) is 0 Å². The van der Waals surface area contributed by atoms with Crippen molar-refractivity contribution >= 4 is 43.5 Å². The number of methoxy groups -OCH3 is 1. The van der Waals surface area contributed by atoms with E-state index in [1.807, 2.05) is 24.3 Å². The molecule has 0 aliphatic rings. The van der Waals surface area contributed by atoms with E-state index >= 15 is 0 Å². The molecule has 0 bridgehead atoms. The number of carbonyl (C=O) groups excluding carboxylic acids is 1. The molecule has 1 N–H and O–H groups in total. The average molecular weight is 415 g/mol. The molecule has 2 aromatic carbocycles. The molecule has 0 aromatic heterocycles. The molecule has 0 radical (unpaired) electrons. The van der Waals surface area contributed by atoms with Crippen LogP contribution in [-0.4, -0.2) is 19.6 Å². The first-order chi connectivity index (χ1) is 10.1. The maximum Gasteiger partial charge on any atom is 0.262 e. The van der Waals surface area contributed by atoms with Gasteiger partial charge in [0.2, 0.25) is 0 Å². The Kier molecular flexibility index (Phi) is 5.64. The Bertz CT molecular complexity index is 647. The summed E-state index contributed by atoms with van der Waals surface area (Å²) in [5.74, 6) is 0.879. The molecule has 2 rings (SSSR count). The van der Waals surface area contributed by atoms with Gasteiger partial charge >= 0.3 is 0 Å². The molecular formula is C15H13Br2NO3. The molecule has 0 heterocycles. The molecule has 0 fully saturated rings. The molecule has 0 aliphatic heterocycles. The molecule has 0 atom stereocenters.